The highest BCUT2D eigenvalue weighted by Gasteiger charge is 2.14. The topological polar surface area (TPSA) is 63.2 Å². The van der Waals surface area contributed by atoms with Gasteiger partial charge in [0.2, 0.25) is 0 Å². The Balaban J connectivity index is 1.92. The first-order valence-corrected chi connectivity index (χ1v) is 8.91. The van der Waals surface area contributed by atoms with E-state index in [0.717, 1.165) is 11.3 Å². The van der Waals surface area contributed by atoms with Gasteiger partial charge in [0.05, 0.1) is 22.9 Å². The van der Waals surface area contributed by atoms with Gasteiger partial charge < -0.3 is 15.4 Å². The number of carbonyl (C=O) groups is 1. The van der Waals surface area contributed by atoms with Crippen LogP contribution in [0.2, 0.25) is 5.02 Å². The summed E-state index contributed by atoms with van der Waals surface area (Å²) in [4.78, 5) is 17.1. The summed E-state index contributed by atoms with van der Waals surface area (Å²) in [6.45, 7) is 1.09. The number of nitrogens with zero attached hydrogens (tertiary/aromatic N) is 1. The molecule has 1 aromatic heterocycles. The van der Waals surface area contributed by atoms with Crippen LogP contribution < -0.4 is 10.6 Å². The smallest absolute Gasteiger partial charge is 0.257 e. The Bertz CT molecular complexity index is 916. The Morgan fingerprint density at radius 3 is 2.67 bits per heavy atom. The van der Waals surface area contributed by atoms with Crippen molar-refractivity contribution in [2.24, 2.45) is 0 Å². The predicted octanol–water partition coefficient (Wildman–Crippen LogP) is 4.71. The summed E-state index contributed by atoms with van der Waals surface area (Å²) in [5, 5.41) is 6.72. The second-order valence-corrected chi connectivity index (χ2v) is 6.24. The zero-order valence-electron chi connectivity index (χ0n) is 14.9. The lowest BCUT2D eigenvalue weighted by atomic mass is 10.0. The lowest BCUT2D eigenvalue weighted by Gasteiger charge is -2.14. The molecule has 0 spiro atoms. The van der Waals surface area contributed by atoms with Crippen molar-refractivity contribution in [2.45, 2.75) is 0 Å². The van der Waals surface area contributed by atoms with E-state index >= 15 is 0 Å². The largest absolute Gasteiger partial charge is 0.383 e. The van der Waals surface area contributed by atoms with Crippen LogP contribution in [0.4, 0.5) is 11.4 Å². The molecule has 1 heterocycles. The third-order valence-corrected chi connectivity index (χ3v) is 4.25. The number of pyridine rings is 1. The zero-order chi connectivity index (χ0) is 19.1. The second kappa shape index (κ2) is 9.16. The van der Waals surface area contributed by atoms with Crippen LogP contribution in [0.15, 0.2) is 66.9 Å². The van der Waals surface area contributed by atoms with Gasteiger partial charge in [-0.25, -0.2) is 0 Å². The number of methoxy groups -OCH3 is 1. The van der Waals surface area contributed by atoms with Gasteiger partial charge in [-0.1, -0.05) is 35.9 Å². The molecular formula is C21H20ClN3O2. The quantitative estimate of drug-likeness (QED) is 0.581. The lowest BCUT2D eigenvalue weighted by molar-refractivity contribution is 0.102. The molecular weight excluding hydrogens is 362 g/mol. The van der Waals surface area contributed by atoms with Gasteiger partial charge in [0.1, 0.15) is 0 Å². The molecule has 0 fully saturated rings. The van der Waals surface area contributed by atoms with Crippen LogP contribution in [0.5, 0.6) is 0 Å². The van der Waals surface area contributed by atoms with Gasteiger partial charge in [-0.05, 0) is 36.4 Å². The summed E-state index contributed by atoms with van der Waals surface area (Å²) < 4.78 is 5.10. The van der Waals surface area contributed by atoms with E-state index in [0.29, 0.717) is 35.1 Å². The zero-order valence-corrected chi connectivity index (χ0v) is 15.7. The number of rotatable bonds is 7. The van der Waals surface area contributed by atoms with Crippen molar-refractivity contribution >= 4 is 28.9 Å². The summed E-state index contributed by atoms with van der Waals surface area (Å²) >= 11 is 6.27. The minimum Gasteiger partial charge on any atom is -0.383 e. The van der Waals surface area contributed by atoms with E-state index in [-0.39, 0.29) is 5.91 Å². The Hall–Kier alpha value is -2.89. The maximum Gasteiger partial charge on any atom is 0.257 e. The fourth-order valence-corrected chi connectivity index (χ4v) is 2.87. The van der Waals surface area contributed by atoms with Crippen LogP contribution in [0.3, 0.4) is 0 Å². The van der Waals surface area contributed by atoms with Crippen LogP contribution in [0.25, 0.3) is 11.3 Å². The number of para-hydroxylation sites is 1. The number of nitrogens with one attached hydrogen (secondary N) is 2. The number of anilines is 2. The molecule has 0 bridgehead atoms. The third kappa shape index (κ3) is 4.84. The molecule has 0 radical (unpaired) electrons. The Labute approximate surface area is 163 Å². The summed E-state index contributed by atoms with van der Waals surface area (Å²) in [6.07, 6.45) is 1.69. The van der Waals surface area contributed by atoms with Crippen molar-refractivity contribution in [2.75, 3.05) is 30.9 Å². The molecule has 0 aliphatic rings. The average Bonchev–Trinajstić information content (AvgIpc) is 2.69. The second-order valence-electron chi connectivity index (χ2n) is 5.83. The Morgan fingerprint density at radius 2 is 1.93 bits per heavy atom. The van der Waals surface area contributed by atoms with Crippen LogP contribution in [0.1, 0.15) is 10.4 Å². The van der Waals surface area contributed by atoms with E-state index in [1.54, 1.807) is 31.5 Å². The van der Waals surface area contributed by atoms with Crippen molar-refractivity contribution in [1.29, 1.82) is 0 Å². The number of amides is 1. The van der Waals surface area contributed by atoms with E-state index in [1.807, 2.05) is 42.5 Å². The molecule has 27 heavy (non-hydrogen) atoms. The number of benzene rings is 2. The van der Waals surface area contributed by atoms with Crippen molar-refractivity contribution < 1.29 is 9.53 Å². The molecule has 0 unspecified atom stereocenters. The highest BCUT2D eigenvalue weighted by molar-refractivity contribution is 6.33. The van der Waals surface area contributed by atoms with Gasteiger partial charge in [0, 0.05) is 36.8 Å². The molecule has 0 saturated heterocycles. The first-order chi connectivity index (χ1) is 13.2. The van der Waals surface area contributed by atoms with Gasteiger partial charge in [-0.3, -0.25) is 9.78 Å². The molecule has 0 saturated carbocycles. The average molecular weight is 382 g/mol. The van der Waals surface area contributed by atoms with Crippen molar-refractivity contribution in [1.82, 2.24) is 4.98 Å². The highest BCUT2D eigenvalue weighted by atomic mass is 35.5. The molecule has 1 amide bonds. The minimum absolute atomic E-state index is 0.195. The molecule has 0 atom stereocenters. The third-order valence-electron chi connectivity index (χ3n) is 3.95. The van der Waals surface area contributed by atoms with Gasteiger partial charge in [-0.2, -0.15) is 0 Å². The maximum atomic E-state index is 12.8. The van der Waals surface area contributed by atoms with Crippen molar-refractivity contribution in [3.8, 4) is 11.3 Å². The molecule has 3 aromatic rings. The van der Waals surface area contributed by atoms with Crippen LogP contribution in [-0.2, 0) is 4.74 Å². The Morgan fingerprint density at radius 1 is 1.11 bits per heavy atom. The van der Waals surface area contributed by atoms with Crippen LogP contribution in [0, 0.1) is 0 Å². The fourth-order valence-electron chi connectivity index (χ4n) is 2.64. The van der Waals surface area contributed by atoms with E-state index in [2.05, 4.69) is 15.6 Å². The summed E-state index contributed by atoms with van der Waals surface area (Å²) in [5.41, 5.74) is 3.47. The first kappa shape index (κ1) is 18.9. The molecule has 2 aromatic carbocycles. The van der Waals surface area contributed by atoms with Crippen molar-refractivity contribution in [3.05, 3.63) is 77.4 Å². The van der Waals surface area contributed by atoms with Gasteiger partial charge in [-0.15, -0.1) is 0 Å². The SMILES string of the molecule is COCCNc1cc(-c2ncccc2Cl)ccc1C(=O)Nc1ccccc1. The number of hydrogen-bond acceptors (Lipinski definition) is 4. The molecule has 6 heteroatoms. The molecule has 2 N–H and O–H groups in total. The maximum absolute atomic E-state index is 12.8. The van der Waals surface area contributed by atoms with Crippen LogP contribution >= 0.6 is 11.6 Å². The molecule has 138 valence electrons. The van der Waals surface area contributed by atoms with Crippen LogP contribution in [-0.4, -0.2) is 31.2 Å². The highest BCUT2D eigenvalue weighted by Crippen LogP contribution is 2.29. The first-order valence-electron chi connectivity index (χ1n) is 8.53. The Kier molecular flexibility index (Phi) is 6.41. The summed E-state index contributed by atoms with van der Waals surface area (Å²) in [5.74, 6) is -0.195. The summed E-state index contributed by atoms with van der Waals surface area (Å²) in [7, 11) is 1.63. The standard InChI is InChI=1S/C21H20ClN3O2/c1-27-13-12-23-19-14-15(20-18(22)8-5-11-24-20)9-10-17(19)21(26)25-16-6-3-2-4-7-16/h2-11,14,23H,12-13H2,1H3,(H,25,26). The molecule has 0 aliphatic heterocycles. The number of hydrogen-bond donors (Lipinski definition) is 2. The van der Waals surface area contributed by atoms with E-state index < -0.39 is 0 Å². The fraction of sp³-hybridized carbons (Fsp3) is 0.143. The number of ether oxygens (including phenoxy) is 1. The van der Waals surface area contributed by atoms with Gasteiger partial charge in [0.15, 0.2) is 0 Å². The summed E-state index contributed by atoms with van der Waals surface area (Å²) in [6, 6.07) is 18.4. The molecule has 0 aliphatic carbocycles. The molecule has 3 rings (SSSR count). The monoisotopic (exact) mass is 381 g/mol. The van der Waals surface area contributed by atoms with Gasteiger partial charge >= 0.3 is 0 Å². The number of carbonyl (C=O) groups excluding carboxylic acids is 1. The normalized spacial score (nSPS) is 10.4. The van der Waals surface area contributed by atoms with E-state index in [9.17, 15) is 4.79 Å². The predicted molar refractivity (Wildman–Crippen MR) is 109 cm³/mol. The number of halogens is 1. The minimum atomic E-state index is -0.195. The van der Waals surface area contributed by atoms with E-state index in [4.69, 9.17) is 16.3 Å². The van der Waals surface area contributed by atoms with Crippen molar-refractivity contribution in [3.63, 3.8) is 0 Å². The molecule has 5 nitrogen and oxygen atoms in total. The van der Waals surface area contributed by atoms with Gasteiger partial charge in [0.25, 0.3) is 5.91 Å². The lowest BCUT2D eigenvalue weighted by Crippen LogP contribution is -2.16. The van der Waals surface area contributed by atoms with E-state index in [1.165, 1.54) is 0 Å². The number of aromatic nitrogens is 1.